The number of hydrogen-bond donors (Lipinski definition) is 1. The molecule has 0 saturated carbocycles. The highest BCUT2D eigenvalue weighted by atomic mass is 32.1. The summed E-state index contributed by atoms with van der Waals surface area (Å²) < 4.78 is 11.1. The van der Waals surface area contributed by atoms with Crippen molar-refractivity contribution in [1.82, 2.24) is 4.98 Å². The van der Waals surface area contributed by atoms with Crippen molar-refractivity contribution in [1.29, 1.82) is 0 Å². The van der Waals surface area contributed by atoms with Gasteiger partial charge >= 0.3 is 5.00 Å². The first-order valence-electron chi connectivity index (χ1n) is 6.10. The molecule has 1 saturated heterocycles. The number of rotatable bonds is 6. The lowest BCUT2D eigenvalue weighted by atomic mass is 10.0. The van der Waals surface area contributed by atoms with Gasteiger partial charge in [0.25, 0.3) is 0 Å². The molecule has 0 amide bonds. The molecule has 0 aliphatic carbocycles. The minimum absolute atomic E-state index is 0.0459. The van der Waals surface area contributed by atoms with Crippen molar-refractivity contribution in [2.24, 2.45) is 5.92 Å². The van der Waals surface area contributed by atoms with Crippen LogP contribution in [0.1, 0.15) is 20.3 Å². The van der Waals surface area contributed by atoms with Crippen molar-refractivity contribution in [3.8, 4) is 0 Å². The molecule has 2 rings (SSSR count). The molecule has 0 bridgehead atoms. The van der Waals surface area contributed by atoms with Crippen LogP contribution in [0.5, 0.6) is 0 Å². The molecule has 1 aliphatic rings. The molecule has 106 valence electrons. The largest absolute Gasteiger partial charge is 0.361 e. The molecule has 1 aliphatic heterocycles. The van der Waals surface area contributed by atoms with E-state index in [1.54, 1.807) is 0 Å². The predicted molar refractivity (Wildman–Crippen MR) is 71.3 cm³/mol. The normalized spacial score (nSPS) is 19.3. The average Bonchev–Trinajstić information content (AvgIpc) is 2.95. The lowest BCUT2D eigenvalue weighted by Crippen LogP contribution is -2.30. The van der Waals surface area contributed by atoms with Crippen molar-refractivity contribution < 1.29 is 14.4 Å². The molecule has 8 heteroatoms. The summed E-state index contributed by atoms with van der Waals surface area (Å²) in [6, 6.07) is 0. The fourth-order valence-electron chi connectivity index (χ4n) is 2.07. The van der Waals surface area contributed by atoms with Gasteiger partial charge in [-0.1, -0.05) is 6.92 Å². The van der Waals surface area contributed by atoms with E-state index in [9.17, 15) is 10.1 Å². The van der Waals surface area contributed by atoms with Crippen LogP contribution >= 0.6 is 11.3 Å². The number of thiazole rings is 1. The number of anilines is 1. The quantitative estimate of drug-likeness (QED) is 0.638. The van der Waals surface area contributed by atoms with Crippen LogP contribution in [-0.2, 0) is 9.47 Å². The van der Waals surface area contributed by atoms with Gasteiger partial charge in [0.15, 0.2) is 10.9 Å². The van der Waals surface area contributed by atoms with E-state index in [2.05, 4.69) is 17.2 Å². The second-order valence-corrected chi connectivity index (χ2v) is 5.79. The smallest absolute Gasteiger partial charge is 0.345 e. The van der Waals surface area contributed by atoms with Gasteiger partial charge in [-0.2, -0.15) is 0 Å². The van der Waals surface area contributed by atoms with E-state index in [4.69, 9.17) is 9.47 Å². The highest BCUT2D eigenvalue weighted by molar-refractivity contribution is 7.18. The van der Waals surface area contributed by atoms with Crippen LogP contribution in [0.25, 0.3) is 0 Å². The summed E-state index contributed by atoms with van der Waals surface area (Å²) in [7, 11) is 0. The Morgan fingerprint density at radius 2 is 2.32 bits per heavy atom. The van der Waals surface area contributed by atoms with Crippen LogP contribution in [0.15, 0.2) is 6.20 Å². The summed E-state index contributed by atoms with van der Waals surface area (Å²) in [5, 5.41) is 14.3. The third-order valence-corrected chi connectivity index (χ3v) is 3.80. The fraction of sp³-hybridized carbons (Fsp3) is 0.727. The molecule has 7 nitrogen and oxygen atoms in total. The number of ether oxygens (including phenoxy) is 2. The average molecular weight is 287 g/mol. The number of nitro groups is 1. The number of aromatic nitrogens is 1. The first kappa shape index (κ1) is 14.2. The van der Waals surface area contributed by atoms with Crippen molar-refractivity contribution >= 4 is 21.5 Å². The molecule has 1 aromatic heterocycles. The Kier molecular flexibility index (Phi) is 4.33. The van der Waals surface area contributed by atoms with Gasteiger partial charge < -0.3 is 14.8 Å². The third kappa shape index (κ3) is 3.85. The van der Waals surface area contributed by atoms with Gasteiger partial charge in [0.2, 0.25) is 0 Å². The first-order chi connectivity index (χ1) is 8.98. The Morgan fingerprint density at radius 3 is 2.89 bits per heavy atom. The third-order valence-electron chi connectivity index (χ3n) is 2.89. The molecular weight excluding hydrogens is 270 g/mol. The minimum atomic E-state index is -0.504. The molecular formula is C11H17N3O4S. The second-order valence-electron chi connectivity index (χ2n) is 4.78. The molecule has 1 N–H and O–H groups in total. The zero-order valence-corrected chi connectivity index (χ0v) is 11.7. The number of hydrogen-bond acceptors (Lipinski definition) is 7. The van der Waals surface area contributed by atoms with Gasteiger partial charge in [0.05, 0.1) is 18.1 Å². The Morgan fingerprint density at radius 1 is 1.63 bits per heavy atom. The van der Waals surface area contributed by atoms with E-state index in [1.807, 2.05) is 6.92 Å². The highest BCUT2D eigenvalue weighted by Crippen LogP contribution is 2.28. The molecule has 1 unspecified atom stereocenters. The lowest BCUT2D eigenvalue weighted by molar-refractivity contribution is -0.380. The predicted octanol–water partition coefficient (Wildman–Crippen LogP) is 2.25. The monoisotopic (exact) mass is 287 g/mol. The Labute approximate surface area is 115 Å². The summed E-state index contributed by atoms with van der Waals surface area (Å²) in [5.74, 6) is -0.193. The van der Waals surface area contributed by atoms with Gasteiger partial charge in [0.1, 0.15) is 6.20 Å². The summed E-state index contributed by atoms with van der Waals surface area (Å²) in [6.45, 7) is 5.95. The van der Waals surface area contributed by atoms with Crippen LogP contribution in [0, 0.1) is 16.0 Å². The lowest BCUT2D eigenvalue weighted by Gasteiger charge is -2.25. The minimum Gasteiger partial charge on any atom is -0.361 e. The maximum absolute atomic E-state index is 10.5. The van der Waals surface area contributed by atoms with Crippen molar-refractivity contribution in [3.05, 3.63) is 16.3 Å². The van der Waals surface area contributed by atoms with Crippen LogP contribution in [-0.4, -0.2) is 35.5 Å². The van der Waals surface area contributed by atoms with Crippen LogP contribution in [0.2, 0.25) is 0 Å². The fourth-order valence-corrected chi connectivity index (χ4v) is 2.71. The second kappa shape index (κ2) is 5.81. The SMILES string of the molecule is CC(CNc1ncc([N+](=O)[O-])s1)CC1(C)OCCO1. The van der Waals surface area contributed by atoms with Gasteiger partial charge in [-0.25, -0.2) is 4.98 Å². The van der Waals surface area contributed by atoms with E-state index in [-0.39, 0.29) is 5.00 Å². The van der Waals surface area contributed by atoms with E-state index in [1.165, 1.54) is 6.20 Å². The zero-order chi connectivity index (χ0) is 13.9. The highest BCUT2D eigenvalue weighted by Gasteiger charge is 2.32. The number of nitrogens with one attached hydrogen (secondary N) is 1. The van der Waals surface area contributed by atoms with E-state index in [0.717, 1.165) is 17.8 Å². The summed E-state index contributed by atoms with van der Waals surface area (Å²) in [6.07, 6.45) is 2.04. The molecule has 1 atom stereocenters. The summed E-state index contributed by atoms with van der Waals surface area (Å²) in [5.41, 5.74) is 0. The van der Waals surface area contributed by atoms with Gasteiger partial charge in [-0.15, -0.1) is 0 Å². The van der Waals surface area contributed by atoms with E-state index in [0.29, 0.717) is 30.8 Å². The molecule has 1 aromatic rings. The molecule has 19 heavy (non-hydrogen) atoms. The van der Waals surface area contributed by atoms with Gasteiger partial charge in [-0.05, 0) is 24.2 Å². The number of nitrogens with zero attached hydrogens (tertiary/aromatic N) is 2. The van der Waals surface area contributed by atoms with Crippen LogP contribution in [0.3, 0.4) is 0 Å². The van der Waals surface area contributed by atoms with E-state index < -0.39 is 10.7 Å². The molecule has 1 fully saturated rings. The van der Waals surface area contributed by atoms with Gasteiger partial charge in [-0.3, -0.25) is 10.1 Å². The molecule has 0 spiro atoms. The van der Waals surface area contributed by atoms with Crippen molar-refractivity contribution in [3.63, 3.8) is 0 Å². The maximum Gasteiger partial charge on any atom is 0.345 e. The maximum atomic E-state index is 10.5. The Bertz CT molecular complexity index is 445. The van der Waals surface area contributed by atoms with E-state index >= 15 is 0 Å². The Hall–Kier alpha value is -1.25. The van der Waals surface area contributed by atoms with Crippen LogP contribution < -0.4 is 5.32 Å². The topological polar surface area (TPSA) is 86.5 Å². The first-order valence-corrected chi connectivity index (χ1v) is 6.92. The summed E-state index contributed by atoms with van der Waals surface area (Å²) >= 11 is 1.04. The van der Waals surface area contributed by atoms with Crippen LogP contribution in [0.4, 0.5) is 10.1 Å². The molecule has 0 aromatic carbocycles. The Balaban J connectivity index is 1.79. The summed E-state index contributed by atoms with van der Waals surface area (Å²) in [4.78, 5) is 14.1. The standard InChI is InChI=1S/C11H17N3O4S/c1-8(5-11(2)17-3-4-18-11)6-12-10-13-7-9(19-10)14(15)16/h7-8H,3-6H2,1-2H3,(H,12,13). The van der Waals surface area contributed by atoms with Crippen molar-refractivity contribution in [2.45, 2.75) is 26.1 Å². The molecule has 2 heterocycles. The molecule has 0 radical (unpaired) electrons. The van der Waals surface area contributed by atoms with Crippen molar-refractivity contribution in [2.75, 3.05) is 25.1 Å². The van der Waals surface area contributed by atoms with Gasteiger partial charge in [0, 0.05) is 13.0 Å². The zero-order valence-electron chi connectivity index (χ0n) is 10.9.